The highest BCUT2D eigenvalue weighted by Crippen LogP contribution is 2.14. The maximum absolute atomic E-state index is 11.9. The first kappa shape index (κ1) is 16.7. The predicted molar refractivity (Wildman–Crippen MR) is 82.3 cm³/mol. The van der Waals surface area contributed by atoms with Crippen molar-refractivity contribution in [3.8, 4) is 0 Å². The van der Waals surface area contributed by atoms with Crippen LogP contribution < -0.4 is 5.73 Å². The first-order valence-electron chi connectivity index (χ1n) is 7.63. The van der Waals surface area contributed by atoms with E-state index >= 15 is 0 Å². The number of carbonyl (C=O) groups is 1. The number of benzene rings is 1. The van der Waals surface area contributed by atoms with E-state index in [4.69, 9.17) is 10.5 Å². The van der Waals surface area contributed by atoms with E-state index in [-0.39, 0.29) is 5.97 Å². The Bertz CT molecular complexity index is 404. The van der Waals surface area contributed by atoms with E-state index in [1.165, 1.54) is 12.8 Å². The minimum atomic E-state index is -0.152. The Morgan fingerprint density at radius 3 is 2.55 bits per heavy atom. The Morgan fingerprint density at radius 2 is 1.95 bits per heavy atom. The monoisotopic (exact) mass is 277 g/mol. The van der Waals surface area contributed by atoms with Gasteiger partial charge in [-0.1, -0.05) is 57.4 Å². The molecule has 1 unspecified atom stereocenters. The SMILES string of the molecule is CCCCC(CC)COC(=O)Cc1ccccc1CN. The summed E-state index contributed by atoms with van der Waals surface area (Å²) in [5.41, 5.74) is 7.66. The summed E-state index contributed by atoms with van der Waals surface area (Å²) in [6.45, 7) is 5.33. The van der Waals surface area contributed by atoms with Crippen LogP contribution >= 0.6 is 0 Å². The Hall–Kier alpha value is -1.35. The molecule has 112 valence electrons. The number of hydrogen-bond donors (Lipinski definition) is 1. The molecule has 0 radical (unpaired) electrons. The molecule has 1 atom stereocenters. The van der Waals surface area contributed by atoms with Crippen molar-refractivity contribution in [1.29, 1.82) is 0 Å². The van der Waals surface area contributed by atoms with Gasteiger partial charge in [0.2, 0.25) is 0 Å². The van der Waals surface area contributed by atoms with Crippen LogP contribution in [0.25, 0.3) is 0 Å². The largest absolute Gasteiger partial charge is 0.465 e. The van der Waals surface area contributed by atoms with Gasteiger partial charge in [-0.05, 0) is 23.5 Å². The lowest BCUT2D eigenvalue weighted by atomic mass is 10.0. The Morgan fingerprint density at radius 1 is 1.25 bits per heavy atom. The topological polar surface area (TPSA) is 52.3 Å². The lowest BCUT2D eigenvalue weighted by Gasteiger charge is -2.15. The van der Waals surface area contributed by atoms with Gasteiger partial charge in [-0.2, -0.15) is 0 Å². The van der Waals surface area contributed by atoms with Crippen LogP contribution in [0.3, 0.4) is 0 Å². The summed E-state index contributed by atoms with van der Waals surface area (Å²) in [5.74, 6) is 0.338. The number of unbranched alkanes of at least 4 members (excludes halogenated alkanes) is 1. The summed E-state index contributed by atoms with van der Waals surface area (Å²) in [6, 6.07) is 7.77. The van der Waals surface area contributed by atoms with Gasteiger partial charge in [0, 0.05) is 6.54 Å². The fourth-order valence-corrected chi connectivity index (χ4v) is 2.24. The van der Waals surface area contributed by atoms with Crippen molar-refractivity contribution in [2.24, 2.45) is 11.7 Å². The van der Waals surface area contributed by atoms with Crippen LogP contribution in [0.2, 0.25) is 0 Å². The zero-order valence-corrected chi connectivity index (χ0v) is 12.7. The van der Waals surface area contributed by atoms with Gasteiger partial charge in [0.05, 0.1) is 13.0 Å². The summed E-state index contributed by atoms with van der Waals surface area (Å²) in [6.07, 6.45) is 4.91. The van der Waals surface area contributed by atoms with E-state index in [0.717, 1.165) is 24.0 Å². The molecule has 1 rings (SSSR count). The molecule has 0 spiro atoms. The standard InChI is InChI=1S/C17H27NO2/c1-3-5-8-14(4-2)13-20-17(19)11-15-9-6-7-10-16(15)12-18/h6-7,9-10,14H,3-5,8,11-13,18H2,1-2H3. The molecular weight excluding hydrogens is 250 g/mol. The third-order valence-electron chi connectivity index (χ3n) is 3.70. The van der Waals surface area contributed by atoms with Crippen molar-refractivity contribution in [2.75, 3.05) is 6.61 Å². The highest BCUT2D eigenvalue weighted by atomic mass is 16.5. The summed E-state index contributed by atoms with van der Waals surface area (Å²) in [5, 5.41) is 0. The molecule has 0 aliphatic rings. The van der Waals surface area contributed by atoms with Gasteiger partial charge in [0.1, 0.15) is 0 Å². The van der Waals surface area contributed by atoms with E-state index < -0.39 is 0 Å². The molecule has 0 bridgehead atoms. The second kappa shape index (κ2) is 9.54. The summed E-state index contributed by atoms with van der Waals surface area (Å²) >= 11 is 0. The van der Waals surface area contributed by atoms with Crippen molar-refractivity contribution >= 4 is 5.97 Å². The van der Waals surface area contributed by atoms with Gasteiger partial charge in [-0.25, -0.2) is 0 Å². The number of esters is 1. The minimum Gasteiger partial charge on any atom is -0.465 e. The van der Waals surface area contributed by atoms with Crippen molar-refractivity contribution in [2.45, 2.75) is 52.5 Å². The van der Waals surface area contributed by atoms with Crippen LogP contribution in [0.1, 0.15) is 50.7 Å². The molecule has 0 fully saturated rings. The van der Waals surface area contributed by atoms with Gasteiger partial charge >= 0.3 is 5.97 Å². The molecule has 1 aromatic rings. The zero-order valence-electron chi connectivity index (χ0n) is 12.7. The van der Waals surface area contributed by atoms with Crippen LogP contribution in [0.5, 0.6) is 0 Å². The van der Waals surface area contributed by atoms with E-state index in [0.29, 0.717) is 25.5 Å². The fourth-order valence-electron chi connectivity index (χ4n) is 2.24. The maximum Gasteiger partial charge on any atom is 0.310 e. The fraction of sp³-hybridized carbons (Fsp3) is 0.588. The molecule has 20 heavy (non-hydrogen) atoms. The first-order valence-corrected chi connectivity index (χ1v) is 7.63. The van der Waals surface area contributed by atoms with E-state index in [2.05, 4.69) is 13.8 Å². The van der Waals surface area contributed by atoms with Crippen molar-refractivity contribution in [1.82, 2.24) is 0 Å². The average Bonchev–Trinajstić information content (AvgIpc) is 2.48. The summed E-state index contributed by atoms with van der Waals surface area (Å²) in [4.78, 5) is 11.9. The molecule has 0 saturated carbocycles. The molecule has 2 N–H and O–H groups in total. The second-order valence-electron chi connectivity index (χ2n) is 5.25. The quantitative estimate of drug-likeness (QED) is 0.703. The molecule has 0 aromatic heterocycles. The van der Waals surface area contributed by atoms with Crippen LogP contribution in [-0.4, -0.2) is 12.6 Å². The Kier molecular flexibility index (Phi) is 7.97. The number of carbonyl (C=O) groups excluding carboxylic acids is 1. The lowest BCUT2D eigenvalue weighted by molar-refractivity contribution is -0.144. The molecule has 0 heterocycles. The molecule has 3 heteroatoms. The third kappa shape index (κ3) is 5.74. The lowest BCUT2D eigenvalue weighted by Crippen LogP contribution is -2.16. The Labute approximate surface area is 122 Å². The minimum absolute atomic E-state index is 0.152. The van der Waals surface area contributed by atoms with Crippen molar-refractivity contribution in [3.05, 3.63) is 35.4 Å². The van der Waals surface area contributed by atoms with E-state index in [1.807, 2.05) is 24.3 Å². The van der Waals surface area contributed by atoms with Crippen LogP contribution in [0, 0.1) is 5.92 Å². The van der Waals surface area contributed by atoms with Crippen molar-refractivity contribution < 1.29 is 9.53 Å². The third-order valence-corrected chi connectivity index (χ3v) is 3.70. The number of ether oxygens (including phenoxy) is 1. The number of nitrogens with two attached hydrogens (primary N) is 1. The molecule has 3 nitrogen and oxygen atoms in total. The van der Waals surface area contributed by atoms with E-state index in [9.17, 15) is 4.79 Å². The molecule has 0 aliphatic carbocycles. The van der Waals surface area contributed by atoms with Gasteiger partial charge in [0.25, 0.3) is 0 Å². The molecule has 0 aliphatic heterocycles. The molecule has 1 aromatic carbocycles. The molecule has 0 amide bonds. The van der Waals surface area contributed by atoms with Crippen LogP contribution in [0.15, 0.2) is 24.3 Å². The highest BCUT2D eigenvalue weighted by Gasteiger charge is 2.12. The highest BCUT2D eigenvalue weighted by molar-refractivity contribution is 5.73. The summed E-state index contributed by atoms with van der Waals surface area (Å²) < 4.78 is 5.42. The number of rotatable bonds is 9. The van der Waals surface area contributed by atoms with Gasteiger partial charge in [0.15, 0.2) is 0 Å². The number of hydrogen-bond acceptors (Lipinski definition) is 3. The molecule has 0 saturated heterocycles. The summed E-state index contributed by atoms with van der Waals surface area (Å²) in [7, 11) is 0. The predicted octanol–water partition coefficient (Wildman–Crippen LogP) is 3.45. The van der Waals surface area contributed by atoms with Gasteiger partial charge < -0.3 is 10.5 Å². The van der Waals surface area contributed by atoms with Crippen LogP contribution in [0.4, 0.5) is 0 Å². The van der Waals surface area contributed by atoms with E-state index in [1.54, 1.807) is 0 Å². The average molecular weight is 277 g/mol. The smallest absolute Gasteiger partial charge is 0.310 e. The van der Waals surface area contributed by atoms with Crippen LogP contribution in [-0.2, 0) is 22.5 Å². The zero-order chi connectivity index (χ0) is 14.8. The maximum atomic E-state index is 11.9. The molecular formula is C17H27NO2. The normalized spacial score (nSPS) is 12.2. The second-order valence-corrected chi connectivity index (χ2v) is 5.25. The van der Waals surface area contributed by atoms with Gasteiger partial charge in [-0.3, -0.25) is 4.79 Å². The first-order chi connectivity index (χ1) is 9.71. The Balaban J connectivity index is 2.43. The van der Waals surface area contributed by atoms with Gasteiger partial charge in [-0.15, -0.1) is 0 Å². The van der Waals surface area contributed by atoms with Crippen molar-refractivity contribution in [3.63, 3.8) is 0 Å².